The van der Waals surface area contributed by atoms with Crippen LogP contribution in [0.5, 0.6) is 0 Å². The van der Waals surface area contributed by atoms with Crippen molar-refractivity contribution in [2.45, 2.75) is 17.7 Å². The largest absolute Gasteiger partial charge is 0.316 e. The summed E-state index contributed by atoms with van der Waals surface area (Å²) in [5, 5.41) is 3.69. The van der Waals surface area contributed by atoms with Crippen LogP contribution in [0.25, 0.3) is 0 Å². The number of nitrogens with one attached hydrogen (secondary N) is 2. The molecule has 0 aliphatic carbocycles. The summed E-state index contributed by atoms with van der Waals surface area (Å²) in [7, 11) is -3.44. The third-order valence-electron chi connectivity index (χ3n) is 3.07. The monoisotopic (exact) mass is 324 g/mol. The van der Waals surface area contributed by atoms with E-state index in [1.165, 1.54) is 6.07 Å². The van der Waals surface area contributed by atoms with Crippen LogP contribution in [-0.4, -0.2) is 28.1 Å². The van der Waals surface area contributed by atoms with Crippen molar-refractivity contribution in [3.8, 4) is 0 Å². The number of benzene rings is 1. The normalized spacial score (nSPS) is 19.7. The maximum absolute atomic E-state index is 12.0. The van der Waals surface area contributed by atoms with Gasteiger partial charge in [-0.1, -0.05) is 17.7 Å². The van der Waals surface area contributed by atoms with Crippen molar-refractivity contribution in [2.75, 3.05) is 19.6 Å². The second-order valence-electron chi connectivity index (χ2n) is 4.52. The topological polar surface area (TPSA) is 58.2 Å². The smallest absolute Gasteiger partial charge is 0.240 e. The first kappa shape index (κ1) is 16.7. The molecule has 1 fully saturated rings. The molecule has 0 spiro atoms. The second-order valence-corrected chi connectivity index (χ2v) is 6.73. The number of piperidine rings is 1. The first-order chi connectivity index (χ1) is 8.58. The van der Waals surface area contributed by atoms with Gasteiger partial charge in [-0.05, 0) is 50.0 Å². The van der Waals surface area contributed by atoms with Crippen molar-refractivity contribution in [1.29, 1.82) is 0 Å². The first-order valence-corrected chi connectivity index (χ1v) is 7.90. The summed E-state index contributed by atoms with van der Waals surface area (Å²) in [4.78, 5) is 0.221. The molecule has 1 aromatic carbocycles. The third kappa shape index (κ3) is 4.93. The van der Waals surface area contributed by atoms with Crippen LogP contribution in [0, 0.1) is 5.92 Å². The van der Waals surface area contributed by atoms with E-state index in [4.69, 9.17) is 11.6 Å². The number of halogens is 2. The molecule has 19 heavy (non-hydrogen) atoms. The Labute approximate surface area is 125 Å². The van der Waals surface area contributed by atoms with E-state index in [0.717, 1.165) is 25.9 Å². The van der Waals surface area contributed by atoms with Crippen LogP contribution in [0.3, 0.4) is 0 Å². The van der Waals surface area contributed by atoms with Gasteiger partial charge in [-0.15, -0.1) is 12.4 Å². The molecule has 2 N–H and O–H groups in total. The Bertz CT molecular complexity index is 502. The van der Waals surface area contributed by atoms with Crippen molar-refractivity contribution in [3.63, 3.8) is 0 Å². The zero-order chi connectivity index (χ0) is 13.0. The molecule has 1 aliphatic heterocycles. The van der Waals surface area contributed by atoms with Crippen molar-refractivity contribution in [2.24, 2.45) is 5.92 Å². The minimum atomic E-state index is -3.44. The summed E-state index contributed by atoms with van der Waals surface area (Å²) in [5.41, 5.74) is 0. The number of hydrogen-bond donors (Lipinski definition) is 2. The lowest BCUT2D eigenvalue weighted by Crippen LogP contribution is -2.38. The highest BCUT2D eigenvalue weighted by Crippen LogP contribution is 2.16. The van der Waals surface area contributed by atoms with E-state index in [0.29, 0.717) is 17.5 Å². The molecule has 0 saturated carbocycles. The number of rotatable bonds is 4. The van der Waals surface area contributed by atoms with E-state index >= 15 is 0 Å². The fraction of sp³-hybridized carbons (Fsp3) is 0.500. The van der Waals surface area contributed by atoms with Crippen molar-refractivity contribution in [3.05, 3.63) is 29.3 Å². The minimum absolute atomic E-state index is 0. The van der Waals surface area contributed by atoms with Gasteiger partial charge in [-0.2, -0.15) is 0 Å². The van der Waals surface area contributed by atoms with Gasteiger partial charge in [0.15, 0.2) is 0 Å². The highest BCUT2D eigenvalue weighted by molar-refractivity contribution is 7.89. The van der Waals surface area contributed by atoms with Gasteiger partial charge in [-0.3, -0.25) is 0 Å². The second kappa shape index (κ2) is 7.45. The predicted octanol–water partition coefficient (Wildman–Crippen LogP) is 2.04. The highest BCUT2D eigenvalue weighted by atomic mass is 35.5. The van der Waals surface area contributed by atoms with E-state index in [1.54, 1.807) is 18.2 Å². The molecule has 1 saturated heterocycles. The Kier molecular flexibility index (Phi) is 6.56. The van der Waals surface area contributed by atoms with Gasteiger partial charge in [0.25, 0.3) is 0 Å². The SMILES string of the molecule is Cl.O=S(=O)(NCC1CCCNC1)c1cccc(Cl)c1. The van der Waals surface area contributed by atoms with Crippen LogP contribution in [0.1, 0.15) is 12.8 Å². The molecule has 0 amide bonds. The van der Waals surface area contributed by atoms with Crippen molar-refractivity contribution >= 4 is 34.0 Å². The van der Waals surface area contributed by atoms with Crippen LogP contribution in [0.2, 0.25) is 5.02 Å². The molecule has 1 unspecified atom stereocenters. The fourth-order valence-corrected chi connectivity index (χ4v) is 3.46. The lowest BCUT2D eigenvalue weighted by molar-refractivity contribution is 0.376. The van der Waals surface area contributed by atoms with Gasteiger partial charge in [0.2, 0.25) is 10.0 Å². The molecule has 7 heteroatoms. The molecule has 0 radical (unpaired) electrons. The first-order valence-electron chi connectivity index (χ1n) is 6.04. The summed E-state index contributed by atoms with van der Waals surface area (Å²) in [6.45, 7) is 2.37. The van der Waals surface area contributed by atoms with Gasteiger partial charge in [-0.25, -0.2) is 13.1 Å². The molecule has 2 rings (SSSR count). The van der Waals surface area contributed by atoms with Crippen LogP contribution in [-0.2, 0) is 10.0 Å². The molecule has 1 aliphatic rings. The summed E-state index contributed by atoms with van der Waals surface area (Å²) in [5.74, 6) is 0.368. The van der Waals surface area contributed by atoms with E-state index in [-0.39, 0.29) is 17.3 Å². The molecular formula is C12H18Cl2N2O2S. The Morgan fingerprint density at radius 3 is 2.84 bits per heavy atom. The maximum Gasteiger partial charge on any atom is 0.240 e. The lowest BCUT2D eigenvalue weighted by Gasteiger charge is -2.22. The summed E-state index contributed by atoms with van der Waals surface area (Å²) >= 11 is 5.80. The third-order valence-corrected chi connectivity index (χ3v) is 4.72. The number of hydrogen-bond acceptors (Lipinski definition) is 3. The zero-order valence-electron chi connectivity index (χ0n) is 10.4. The fourth-order valence-electron chi connectivity index (χ4n) is 2.04. The summed E-state index contributed by atoms with van der Waals surface area (Å²) < 4.78 is 26.7. The lowest BCUT2D eigenvalue weighted by atomic mass is 10.0. The van der Waals surface area contributed by atoms with E-state index in [1.807, 2.05) is 0 Å². The Morgan fingerprint density at radius 1 is 1.42 bits per heavy atom. The predicted molar refractivity (Wildman–Crippen MR) is 79.5 cm³/mol. The van der Waals surface area contributed by atoms with Crippen LogP contribution >= 0.6 is 24.0 Å². The Morgan fingerprint density at radius 2 is 2.21 bits per heavy atom. The Balaban J connectivity index is 0.00000180. The van der Waals surface area contributed by atoms with Gasteiger partial charge >= 0.3 is 0 Å². The molecule has 0 aromatic heterocycles. The van der Waals surface area contributed by atoms with Crippen LogP contribution in [0.15, 0.2) is 29.2 Å². The summed E-state index contributed by atoms with van der Waals surface area (Å²) in [6.07, 6.45) is 2.16. The molecule has 0 bridgehead atoms. The van der Waals surface area contributed by atoms with E-state index < -0.39 is 10.0 Å². The number of sulfonamides is 1. The molecule has 1 heterocycles. The van der Waals surface area contributed by atoms with Gasteiger partial charge in [0.05, 0.1) is 4.90 Å². The minimum Gasteiger partial charge on any atom is -0.316 e. The van der Waals surface area contributed by atoms with Crippen molar-refractivity contribution in [1.82, 2.24) is 10.0 Å². The molecule has 1 atom stereocenters. The molecule has 4 nitrogen and oxygen atoms in total. The molecule has 1 aromatic rings. The molecule has 108 valence electrons. The standard InChI is InChI=1S/C12H17ClN2O2S.ClH/c13-11-4-1-5-12(7-11)18(16,17)15-9-10-3-2-6-14-8-10;/h1,4-5,7,10,14-15H,2-3,6,8-9H2;1H. The Hall–Kier alpha value is -0.330. The van der Waals surface area contributed by atoms with Crippen molar-refractivity contribution < 1.29 is 8.42 Å². The van der Waals surface area contributed by atoms with Gasteiger partial charge in [0.1, 0.15) is 0 Å². The highest BCUT2D eigenvalue weighted by Gasteiger charge is 2.18. The van der Waals surface area contributed by atoms with E-state index in [9.17, 15) is 8.42 Å². The maximum atomic E-state index is 12.0. The van der Waals surface area contributed by atoms with Crippen LogP contribution in [0.4, 0.5) is 0 Å². The average molecular weight is 325 g/mol. The average Bonchev–Trinajstić information content (AvgIpc) is 2.38. The van der Waals surface area contributed by atoms with Crippen LogP contribution < -0.4 is 10.0 Å². The zero-order valence-corrected chi connectivity index (χ0v) is 12.8. The summed E-state index contributed by atoms with van der Waals surface area (Å²) in [6, 6.07) is 6.31. The molecular weight excluding hydrogens is 307 g/mol. The van der Waals surface area contributed by atoms with Gasteiger partial charge in [0, 0.05) is 11.6 Å². The quantitative estimate of drug-likeness (QED) is 0.891. The van der Waals surface area contributed by atoms with E-state index in [2.05, 4.69) is 10.0 Å². The van der Waals surface area contributed by atoms with Gasteiger partial charge < -0.3 is 5.32 Å².